The predicted octanol–water partition coefficient (Wildman–Crippen LogP) is 3.00. The minimum atomic E-state index is 0.617. The summed E-state index contributed by atoms with van der Waals surface area (Å²) in [6.45, 7) is 0. The van der Waals surface area contributed by atoms with Gasteiger partial charge in [0, 0.05) is 5.56 Å². The summed E-state index contributed by atoms with van der Waals surface area (Å²) in [5, 5.41) is 13.0. The van der Waals surface area contributed by atoms with Gasteiger partial charge in [-0.15, -0.1) is 0 Å². The van der Waals surface area contributed by atoms with Gasteiger partial charge in [0.1, 0.15) is 0 Å². The smallest absolute Gasteiger partial charge is 0.0998 e. The fraction of sp³-hybridized carbons (Fsp3) is 0. The molecule has 0 spiro atoms. The van der Waals surface area contributed by atoms with Crippen molar-refractivity contribution in [2.24, 2.45) is 5.10 Å². The van der Waals surface area contributed by atoms with Gasteiger partial charge in [0.05, 0.1) is 23.5 Å². The van der Waals surface area contributed by atoms with Gasteiger partial charge < -0.3 is 0 Å². The summed E-state index contributed by atoms with van der Waals surface area (Å²) in [7, 11) is 0. The highest BCUT2D eigenvalue weighted by atomic mass is 15.3. The zero-order chi connectivity index (χ0) is 11.9. The Morgan fingerprint density at radius 2 is 1.71 bits per heavy atom. The number of anilines is 1. The highest BCUT2D eigenvalue weighted by Crippen LogP contribution is 2.06. The molecular formula is C14H11N3. The number of rotatable bonds is 3. The summed E-state index contributed by atoms with van der Waals surface area (Å²) in [5.74, 6) is 0. The molecule has 0 aliphatic rings. The fourth-order valence-electron chi connectivity index (χ4n) is 1.40. The molecule has 82 valence electrons. The lowest BCUT2D eigenvalue weighted by Crippen LogP contribution is -1.92. The third kappa shape index (κ3) is 2.93. The Balaban J connectivity index is 2.09. The third-order valence-corrected chi connectivity index (χ3v) is 2.25. The second-order valence-corrected chi connectivity index (χ2v) is 3.44. The molecule has 3 heteroatoms. The van der Waals surface area contributed by atoms with Crippen LogP contribution < -0.4 is 5.43 Å². The molecule has 0 amide bonds. The van der Waals surface area contributed by atoms with Gasteiger partial charge in [-0.3, -0.25) is 5.43 Å². The Kier molecular flexibility index (Phi) is 3.51. The maximum atomic E-state index is 8.90. The Morgan fingerprint density at radius 3 is 2.47 bits per heavy atom. The Labute approximate surface area is 100 Å². The zero-order valence-corrected chi connectivity index (χ0v) is 9.17. The van der Waals surface area contributed by atoms with Crippen molar-refractivity contribution in [1.82, 2.24) is 0 Å². The molecule has 0 radical (unpaired) electrons. The van der Waals surface area contributed by atoms with Gasteiger partial charge in [-0.1, -0.05) is 36.4 Å². The summed E-state index contributed by atoms with van der Waals surface area (Å²) in [4.78, 5) is 0. The van der Waals surface area contributed by atoms with Gasteiger partial charge in [0.2, 0.25) is 0 Å². The largest absolute Gasteiger partial charge is 0.279 e. The van der Waals surface area contributed by atoms with E-state index in [9.17, 15) is 0 Å². The van der Waals surface area contributed by atoms with Gasteiger partial charge in [-0.25, -0.2) is 0 Å². The average molecular weight is 221 g/mol. The first-order valence-corrected chi connectivity index (χ1v) is 5.23. The minimum absolute atomic E-state index is 0.617. The lowest BCUT2D eigenvalue weighted by atomic mass is 10.1. The molecule has 0 atom stereocenters. The van der Waals surface area contributed by atoms with Crippen LogP contribution >= 0.6 is 0 Å². The van der Waals surface area contributed by atoms with E-state index in [1.54, 1.807) is 12.3 Å². The first-order valence-electron chi connectivity index (χ1n) is 5.23. The van der Waals surface area contributed by atoms with Gasteiger partial charge in [0.15, 0.2) is 0 Å². The van der Waals surface area contributed by atoms with E-state index >= 15 is 0 Å². The molecule has 0 saturated carbocycles. The number of para-hydroxylation sites is 1. The predicted molar refractivity (Wildman–Crippen MR) is 68.8 cm³/mol. The van der Waals surface area contributed by atoms with E-state index in [1.165, 1.54) is 0 Å². The first kappa shape index (κ1) is 10.9. The number of nitrogens with one attached hydrogen (secondary N) is 1. The quantitative estimate of drug-likeness (QED) is 0.639. The molecule has 0 aromatic heterocycles. The lowest BCUT2D eigenvalue weighted by molar-refractivity contribution is 1.35. The first-order chi connectivity index (χ1) is 8.40. The third-order valence-electron chi connectivity index (χ3n) is 2.25. The van der Waals surface area contributed by atoms with Crippen molar-refractivity contribution >= 4 is 11.9 Å². The molecule has 1 N–H and O–H groups in total. The van der Waals surface area contributed by atoms with Crippen LogP contribution in [0, 0.1) is 11.3 Å². The van der Waals surface area contributed by atoms with Crippen LogP contribution in [0.3, 0.4) is 0 Å². The topological polar surface area (TPSA) is 48.2 Å². The van der Waals surface area contributed by atoms with E-state index in [0.717, 1.165) is 11.3 Å². The number of nitriles is 1. The molecule has 0 saturated heterocycles. The fourth-order valence-corrected chi connectivity index (χ4v) is 1.40. The maximum absolute atomic E-state index is 8.90. The Bertz CT molecular complexity index is 553. The molecule has 0 bridgehead atoms. The molecule has 0 aliphatic heterocycles. The zero-order valence-electron chi connectivity index (χ0n) is 9.17. The number of hydrazone groups is 1. The molecule has 17 heavy (non-hydrogen) atoms. The van der Waals surface area contributed by atoms with Crippen LogP contribution in [0.5, 0.6) is 0 Å². The second-order valence-electron chi connectivity index (χ2n) is 3.44. The Morgan fingerprint density at radius 1 is 1.00 bits per heavy atom. The van der Waals surface area contributed by atoms with Crippen molar-refractivity contribution in [2.75, 3.05) is 5.43 Å². The molecule has 0 heterocycles. The van der Waals surface area contributed by atoms with Crippen molar-refractivity contribution in [3.63, 3.8) is 0 Å². The highest BCUT2D eigenvalue weighted by molar-refractivity contribution is 5.83. The molecule has 2 aromatic rings. The van der Waals surface area contributed by atoms with Crippen LogP contribution in [0.25, 0.3) is 0 Å². The summed E-state index contributed by atoms with van der Waals surface area (Å²) in [5.41, 5.74) is 5.24. The van der Waals surface area contributed by atoms with Crippen molar-refractivity contribution in [1.29, 1.82) is 5.26 Å². The van der Waals surface area contributed by atoms with Crippen LogP contribution in [0.1, 0.15) is 11.1 Å². The molecule has 0 aliphatic carbocycles. The SMILES string of the molecule is N#Cc1ccccc1C=NNc1ccccc1. The molecule has 2 rings (SSSR count). The number of hydrogen-bond donors (Lipinski definition) is 1. The van der Waals surface area contributed by atoms with Gasteiger partial charge >= 0.3 is 0 Å². The normalized spacial score (nSPS) is 10.1. The standard InChI is InChI=1S/C14H11N3/c15-10-12-6-4-5-7-13(12)11-16-17-14-8-2-1-3-9-14/h1-9,11,17H. The van der Waals surface area contributed by atoms with Crippen LogP contribution in [0.4, 0.5) is 5.69 Å². The van der Waals surface area contributed by atoms with Gasteiger partial charge in [-0.2, -0.15) is 10.4 Å². The Hall–Kier alpha value is -2.60. The average Bonchev–Trinajstić information content (AvgIpc) is 2.40. The molecule has 0 unspecified atom stereocenters. The highest BCUT2D eigenvalue weighted by Gasteiger charge is 1.95. The van der Waals surface area contributed by atoms with Crippen molar-refractivity contribution < 1.29 is 0 Å². The van der Waals surface area contributed by atoms with E-state index in [0.29, 0.717) is 5.56 Å². The lowest BCUT2D eigenvalue weighted by Gasteiger charge is -1.99. The van der Waals surface area contributed by atoms with Crippen molar-refractivity contribution in [3.8, 4) is 6.07 Å². The van der Waals surface area contributed by atoms with E-state index in [-0.39, 0.29) is 0 Å². The van der Waals surface area contributed by atoms with E-state index in [4.69, 9.17) is 5.26 Å². The maximum Gasteiger partial charge on any atom is 0.0998 e. The number of nitrogens with zero attached hydrogens (tertiary/aromatic N) is 2. The van der Waals surface area contributed by atoms with Gasteiger partial charge in [-0.05, 0) is 18.2 Å². The molecule has 0 fully saturated rings. The van der Waals surface area contributed by atoms with Crippen LogP contribution in [0.15, 0.2) is 59.7 Å². The monoisotopic (exact) mass is 221 g/mol. The summed E-state index contributed by atoms with van der Waals surface area (Å²) >= 11 is 0. The van der Waals surface area contributed by atoms with Crippen LogP contribution in [-0.4, -0.2) is 6.21 Å². The van der Waals surface area contributed by atoms with E-state index in [1.807, 2.05) is 48.5 Å². The number of hydrogen-bond acceptors (Lipinski definition) is 3. The van der Waals surface area contributed by atoms with E-state index < -0.39 is 0 Å². The minimum Gasteiger partial charge on any atom is -0.279 e. The summed E-state index contributed by atoms with van der Waals surface area (Å²) < 4.78 is 0. The van der Waals surface area contributed by atoms with Crippen LogP contribution in [0.2, 0.25) is 0 Å². The summed E-state index contributed by atoms with van der Waals surface area (Å²) in [6.07, 6.45) is 1.64. The van der Waals surface area contributed by atoms with Crippen LogP contribution in [-0.2, 0) is 0 Å². The summed E-state index contributed by atoms with van der Waals surface area (Å²) in [6, 6.07) is 19.1. The van der Waals surface area contributed by atoms with Gasteiger partial charge in [0.25, 0.3) is 0 Å². The molecule has 3 nitrogen and oxygen atoms in total. The molecule has 2 aromatic carbocycles. The van der Waals surface area contributed by atoms with Crippen molar-refractivity contribution in [3.05, 3.63) is 65.7 Å². The van der Waals surface area contributed by atoms with E-state index in [2.05, 4.69) is 16.6 Å². The molecular weight excluding hydrogens is 210 g/mol. The second kappa shape index (κ2) is 5.47. The van der Waals surface area contributed by atoms with Crippen molar-refractivity contribution in [2.45, 2.75) is 0 Å². The number of benzene rings is 2.